The van der Waals surface area contributed by atoms with E-state index in [4.69, 9.17) is 23.2 Å². The van der Waals surface area contributed by atoms with Crippen LogP contribution in [0.4, 0.5) is 0 Å². The summed E-state index contributed by atoms with van der Waals surface area (Å²) in [5, 5.41) is 3.72. The van der Waals surface area contributed by atoms with Crippen LogP contribution in [0.3, 0.4) is 0 Å². The van der Waals surface area contributed by atoms with Crippen molar-refractivity contribution in [3.63, 3.8) is 0 Å². The zero-order valence-corrected chi connectivity index (χ0v) is 12.6. The average Bonchev–Trinajstić information content (AvgIpc) is 2.58. The van der Waals surface area contributed by atoms with Crippen molar-refractivity contribution in [3.8, 4) is 0 Å². The summed E-state index contributed by atoms with van der Waals surface area (Å²) in [6.07, 6.45) is 5.41. The summed E-state index contributed by atoms with van der Waals surface area (Å²) < 4.78 is 0. The first-order valence-corrected chi connectivity index (χ1v) is 7.61. The molecule has 0 spiro atoms. The van der Waals surface area contributed by atoms with Gasteiger partial charge in [0.05, 0.1) is 5.38 Å². The standard InChI is InChI=1S/C15H19Cl2NO/c1-10-11(6-5-8-12(10)16)15(19)18-14-9-4-2-3-7-13(14)17/h5-6,8,13-14H,2-4,7,9H2,1H3,(H,18,19). The van der Waals surface area contributed by atoms with Crippen LogP contribution in [0.1, 0.15) is 48.0 Å². The lowest BCUT2D eigenvalue weighted by Gasteiger charge is -2.21. The van der Waals surface area contributed by atoms with E-state index in [-0.39, 0.29) is 17.3 Å². The largest absolute Gasteiger partial charge is 0.348 e. The number of carbonyl (C=O) groups is 1. The summed E-state index contributed by atoms with van der Waals surface area (Å²) in [5.41, 5.74) is 1.46. The van der Waals surface area contributed by atoms with Crippen molar-refractivity contribution in [1.29, 1.82) is 0 Å². The van der Waals surface area contributed by atoms with Gasteiger partial charge in [-0.05, 0) is 37.5 Å². The van der Waals surface area contributed by atoms with Crippen molar-refractivity contribution in [2.75, 3.05) is 0 Å². The summed E-state index contributed by atoms with van der Waals surface area (Å²) >= 11 is 12.4. The van der Waals surface area contributed by atoms with Gasteiger partial charge in [0.15, 0.2) is 0 Å². The summed E-state index contributed by atoms with van der Waals surface area (Å²) in [4.78, 5) is 12.3. The van der Waals surface area contributed by atoms with Gasteiger partial charge in [-0.3, -0.25) is 4.79 Å². The topological polar surface area (TPSA) is 29.1 Å². The average molecular weight is 300 g/mol. The van der Waals surface area contributed by atoms with E-state index in [1.54, 1.807) is 18.2 Å². The fourth-order valence-electron chi connectivity index (χ4n) is 2.52. The highest BCUT2D eigenvalue weighted by Gasteiger charge is 2.24. The number of benzene rings is 1. The molecule has 104 valence electrons. The van der Waals surface area contributed by atoms with Gasteiger partial charge >= 0.3 is 0 Å². The van der Waals surface area contributed by atoms with Crippen molar-refractivity contribution in [2.45, 2.75) is 50.4 Å². The first-order valence-electron chi connectivity index (χ1n) is 6.79. The Bertz CT molecular complexity index is 461. The molecule has 0 bridgehead atoms. The maximum atomic E-state index is 12.3. The summed E-state index contributed by atoms with van der Waals surface area (Å²) in [5.74, 6) is -0.0717. The van der Waals surface area contributed by atoms with E-state index in [9.17, 15) is 4.79 Å². The van der Waals surface area contributed by atoms with Gasteiger partial charge < -0.3 is 5.32 Å². The lowest BCUT2D eigenvalue weighted by atomic mass is 10.1. The lowest BCUT2D eigenvalue weighted by Crippen LogP contribution is -2.40. The molecule has 4 heteroatoms. The monoisotopic (exact) mass is 299 g/mol. The summed E-state index contributed by atoms with van der Waals surface area (Å²) in [6, 6.07) is 5.46. The first kappa shape index (κ1) is 14.7. The fourth-order valence-corrected chi connectivity index (χ4v) is 3.04. The third-order valence-corrected chi connectivity index (χ3v) is 4.69. The van der Waals surface area contributed by atoms with E-state index in [1.165, 1.54) is 6.42 Å². The van der Waals surface area contributed by atoms with Crippen LogP contribution in [0.2, 0.25) is 5.02 Å². The number of nitrogens with one attached hydrogen (secondary N) is 1. The Balaban J connectivity index is 2.09. The van der Waals surface area contributed by atoms with E-state index in [1.807, 2.05) is 6.92 Å². The number of amides is 1. The van der Waals surface area contributed by atoms with Crippen LogP contribution < -0.4 is 5.32 Å². The third-order valence-electron chi connectivity index (χ3n) is 3.76. The molecule has 1 fully saturated rings. The molecule has 1 saturated carbocycles. The number of alkyl halides is 1. The van der Waals surface area contributed by atoms with E-state index in [0.29, 0.717) is 10.6 Å². The Kier molecular flexibility index (Phi) is 5.12. The molecule has 2 rings (SSSR count). The molecule has 1 aromatic carbocycles. The quantitative estimate of drug-likeness (QED) is 0.639. The predicted molar refractivity (Wildman–Crippen MR) is 80.2 cm³/mol. The second-order valence-corrected chi connectivity index (χ2v) is 6.11. The number of hydrogen-bond donors (Lipinski definition) is 1. The molecule has 0 heterocycles. The summed E-state index contributed by atoms with van der Waals surface area (Å²) in [6.45, 7) is 1.86. The van der Waals surface area contributed by atoms with Gasteiger partial charge in [-0.15, -0.1) is 11.6 Å². The summed E-state index contributed by atoms with van der Waals surface area (Å²) in [7, 11) is 0. The van der Waals surface area contributed by atoms with Gasteiger partial charge in [-0.25, -0.2) is 0 Å². The van der Waals surface area contributed by atoms with Crippen LogP contribution in [0, 0.1) is 6.92 Å². The molecule has 0 radical (unpaired) electrons. The second-order valence-electron chi connectivity index (χ2n) is 5.15. The van der Waals surface area contributed by atoms with Crippen LogP contribution >= 0.6 is 23.2 Å². The molecule has 19 heavy (non-hydrogen) atoms. The number of halogens is 2. The van der Waals surface area contributed by atoms with Gasteiger partial charge in [0.25, 0.3) is 5.91 Å². The molecule has 0 aromatic heterocycles. The van der Waals surface area contributed by atoms with Crippen molar-refractivity contribution < 1.29 is 4.79 Å². The molecule has 1 aliphatic carbocycles. The van der Waals surface area contributed by atoms with Gasteiger partial charge in [-0.1, -0.05) is 36.9 Å². The van der Waals surface area contributed by atoms with Crippen LogP contribution in [0.15, 0.2) is 18.2 Å². The van der Waals surface area contributed by atoms with E-state index in [2.05, 4.69) is 5.32 Å². The molecule has 2 unspecified atom stereocenters. The highest BCUT2D eigenvalue weighted by atomic mass is 35.5. The van der Waals surface area contributed by atoms with Crippen molar-refractivity contribution >= 4 is 29.1 Å². The second kappa shape index (κ2) is 6.62. The maximum Gasteiger partial charge on any atom is 0.251 e. The van der Waals surface area contributed by atoms with Crippen molar-refractivity contribution in [3.05, 3.63) is 34.3 Å². The van der Waals surface area contributed by atoms with E-state index in [0.717, 1.165) is 31.2 Å². The fraction of sp³-hybridized carbons (Fsp3) is 0.533. The Morgan fingerprint density at radius 3 is 2.79 bits per heavy atom. The first-order chi connectivity index (χ1) is 9.09. The zero-order chi connectivity index (χ0) is 13.8. The lowest BCUT2D eigenvalue weighted by molar-refractivity contribution is 0.0933. The minimum atomic E-state index is -0.0717. The highest BCUT2D eigenvalue weighted by Crippen LogP contribution is 2.24. The van der Waals surface area contributed by atoms with Gasteiger partial charge in [0.2, 0.25) is 0 Å². The Labute approximate surface area is 124 Å². The van der Waals surface area contributed by atoms with Crippen LogP contribution in [-0.2, 0) is 0 Å². The molecule has 2 atom stereocenters. The van der Waals surface area contributed by atoms with Crippen LogP contribution in [-0.4, -0.2) is 17.3 Å². The van der Waals surface area contributed by atoms with E-state index < -0.39 is 0 Å². The molecule has 2 nitrogen and oxygen atoms in total. The number of rotatable bonds is 2. The normalized spacial score (nSPS) is 23.7. The van der Waals surface area contributed by atoms with Gasteiger partial charge in [-0.2, -0.15) is 0 Å². The third kappa shape index (κ3) is 3.64. The van der Waals surface area contributed by atoms with Gasteiger partial charge in [0.1, 0.15) is 0 Å². The molecular formula is C15H19Cl2NO. The molecule has 1 aromatic rings. The zero-order valence-electron chi connectivity index (χ0n) is 11.1. The number of hydrogen-bond acceptors (Lipinski definition) is 1. The SMILES string of the molecule is Cc1c(Cl)cccc1C(=O)NC1CCCCCC1Cl. The van der Waals surface area contributed by atoms with Crippen LogP contribution in [0.5, 0.6) is 0 Å². The maximum absolute atomic E-state index is 12.3. The smallest absolute Gasteiger partial charge is 0.251 e. The Morgan fingerprint density at radius 1 is 1.26 bits per heavy atom. The molecular weight excluding hydrogens is 281 g/mol. The molecule has 0 saturated heterocycles. The van der Waals surface area contributed by atoms with Crippen LogP contribution in [0.25, 0.3) is 0 Å². The molecule has 0 aliphatic heterocycles. The predicted octanol–water partition coefficient (Wildman–Crippen LogP) is 4.32. The number of carbonyl (C=O) groups excluding carboxylic acids is 1. The van der Waals surface area contributed by atoms with Gasteiger partial charge in [0, 0.05) is 16.6 Å². The molecule has 1 amide bonds. The van der Waals surface area contributed by atoms with Crippen molar-refractivity contribution in [1.82, 2.24) is 5.32 Å². The van der Waals surface area contributed by atoms with E-state index >= 15 is 0 Å². The Morgan fingerprint density at radius 2 is 2.00 bits per heavy atom. The highest BCUT2D eigenvalue weighted by molar-refractivity contribution is 6.31. The molecule has 1 aliphatic rings. The Hall–Kier alpha value is -0.730. The molecule has 1 N–H and O–H groups in total. The van der Waals surface area contributed by atoms with Crippen molar-refractivity contribution in [2.24, 2.45) is 0 Å². The minimum Gasteiger partial charge on any atom is -0.348 e. The minimum absolute atomic E-state index is 0.0333.